The van der Waals surface area contributed by atoms with Crippen LogP contribution in [0, 0.1) is 0 Å². The quantitative estimate of drug-likeness (QED) is 0.0261. The molecule has 1 amide bonds. The van der Waals surface area contributed by atoms with Gasteiger partial charge in [0.1, 0.15) is 24.4 Å². The molecule has 7 atom stereocenters. The smallest absolute Gasteiger partial charge is 0.220 e. The summed E-state index contributed by atoms with van der Waals surface area (Å²) < 4.78 is 11.4. The Balaban J connectivity index is 2.10. The molecule has 7 unspecified atom stereocenters. The fourth-order valence-corrected chi connectivity index (χ4v) is 11.6. The average molecular weight is 1250 g/mol. The van der Waals surface area contributed by atoms with Gasteiger partial charge in [-0.05, 0) is 83.5 Å². The maximum Gasteiger partial charge on any atom is 0.220 e. The van der Waals surface area contributed by atoms with Crippen LogP contribution in [0.2, 0.25) is 0 Å². The Labute approximate surface area is 548 Å². The fourth-order valence-electron chi connectivity index (χ4n) is 11.6. The molecule has 89 heavy (non-hydrogen) atoms. The summed E-state index contributed by atoms with van der Waals surface area (Å²) in [5.41, 5.74) is 0. The van der Waals surface area contributed by atoms with Crippen LogP contribution < -0.4 is 5.32 Å². The molecule has 0 spiro atoms. The molecule has 9 heteroatoms. The normalized spacial score (nSPS) is 18.5. The number of aliphatic hydroxyl groups is 5. The van der Waals surface area contributed by atoms with Gasteiger partial charge in [-0.2, -0.15) is 0 Å². The van der Waals surface area contributed by atoms with Crippen LogP contribution in [0.5, 0.6) is 0 Å². The topological polar surface area (TPSA) is 149 Å². The predicted molar refractivity (Wildman–Crippen MR) is 382 cm³/mol. The van der Waals surface area contributed by atoms with Gasteiger partial charge in [-0.25, -0.2) is 0 Å². The third kappa shape index (κ3) is 56.1. The highest BCUT2D eigenvalue weighted by molar-refractivity contribution is 5.76. The van der Waals surface area contributed by atoms with Crippen molar-refractivity contribution in [2.45, 2.75) is 378 Å². The van der Waals surface area contributed by atoms with E-state index in [-0.39, 0.29) is 12.5 Å². The minimum atomic E-state index is -1.56. The molecule has 0 bridgehead atoms. The van der Waals surface area contributed by atoms with Crippen molar-refractivity contribution >= 4 is 5.91 Å². The Morgan fingerprint density at radius 3 is 1.03 bits per heavy atom. The molecule has 6 N–H and O–H groups in total. The molecular formula is C80H141NO8. The lowest BCUT2D eigenvalue weighted by Crippen LogP contribution is -2.60. The van der Waals surface area contributed by atoms with Crippen LogP contribution in [0.4, 0.5) is 0 Å². The van der Waals surface area contributed by atoms with Gasteiger partial charge < -0.3 is 40.3 Å². The fraction of sp³-hybridized carbons (Fsp3) is 0.762. The standard InChI is InChI=1S/C80H141NO8/c1-3-5-7-9-11-13-15-17-19-21-23-25-27-29-30-31-32-33-34-35-36-37-38-39-40-41-42-43-44-46-48-50-52-54-56-58-60-62-64-66-68-70-76(84)81-73(72-88-80-79(87)78(86)77(85)75(71-82)89-80)74(83)69-67-65-63-61-59-57-55-53-51-49-47-45-28-26-24-22-20-18-16-14-12-10-8-6-4-2/h5,7,11,13,17,19,23,25,29-30,32-33,35-36,38-39,41-42,73-75,77-80,82-83,85-87H,3-4,6,8-10,12,14-16,18,20-22,24,26-28,31,34,37,40,43-72H2,1-2H3,(H,81,84)/b7-5-,13-11-,19-17-,25-23-,30-29-,33-32-,36-35-,39-38-,42-41-. The number of carbonyl (C=O) groups excluding carboxylic acids is 1. The number of ether oxygens (including phenoxy) is 2. The van der Waals surface area contributed by atoms with Gasteiger partial charge in [0.15, 0.2) is 6.29 Å². The maximum absolute atomic E-state index is 13.2. The molecule has 1 heterocycles. The number of unbranched alkanes of at least 4 members (excludes halogenated alkanes) is 37. The second-order valence-electron chi connectivity index (χ2n) is 25.7. The summed E-state index contributed by atoms with van der Waals surface area (Å²) in [6, 6.07) is -0.727. The largest absolute Gasteiger partial charge is 0.394 e. The molecule has 1 aliphatic heterocycles. The van der Waals surface area contributed by atoms with Crippen LogP contribution in [0.25, 0.3) is 0 Å². The monoisotopic (exact) mass is 1240 g/mol. The van der Waals surface area contributed by atoms with Crippen molar-refractivity contribution in [2.24, 2.45) is 0 Å². The SMILES string of the molecule is CC/C=C\C/C=C\C/C=C\C/C=C\C/C=C\C/C=C\C/C=C\C/C=C\C/C=C\CCCCCCCCCCCCCCCC(=O)NC(COC1OC(CO)C(O)C(O)C1O)C(O)CCCCCCCCCCCCCCCCCCCCCCCCCCC. The molecular weight excluding hydrogens is 1100 g/mol. The second-order valence-corrected chi connectivity index (χ2v) is 25.7. The third-order valence-electron chi connectivity index (χ3n) is 17.4. The summed E-state index contributed by atoms with van der Waals surface area (Å²) in [6.07, 6.45) is 93.0. The van der Waals surface area contributed by atoms with Gasteiger partial charge in [-0.15, -0.1) is 0 Å². The summed E-state index contributed by atoms with van der Waals surface area (Å²) in [5.74, 6) is -0.144. The number of nitrogens with one attached hydrogen (secondary N) is 1. The molecule has 1 rings (SSSR count). The van der Waals surface area contributed by atoms with Crippen molar-refractivity contribution in [1.29, 1.82) is 0 Å². The van der Waals surface area contributed by atoms with E-state index in [4.69, 9.17) is 9.47 Å². The van der Waals surface area contributed by atoms with E-state index in [1.54, 1.807) is 0 Å². The van der Waals surface area contributed by atoms with Gasteiger partial charge in [0.2, 0.25) is 5.91 Å². The van der Waals surface area contributed by atoms with E-state index < -0.39 is 49.5 Å². The molecule has 0 saturated carbocycles. The third-order valence-corrected chi connectivity index (χ3v) is 17.4. The van der Waals surface area contributed by atoms with Crippen LogP contribution in [0.15, 0.2) is 109 Å². The number of hydrogen-bond acceptors (Lipinski definition) is 8. The van der Waals surface area contributed by atoms with Crippen molar-refractivity contribution in [2.75, 3.05) is 13.2 Å². The van der Waals surface area contributed by atoms with Crippen molar-refractivity contribution < 1.29 is 39.8 Å². The van der Waals surface area contributed by atoms with Crippen LogP contribution >= 0.6 is 0 Å². The number of allylic oxidation sites excluding steroid dienone is 18. The van der Waals surface area contributed by atoms with Crippen molar-refractivity contribution in [3.8, 4) is 0 Å². The van der Waals surface area contributed by atoms with E-state index >= 15 is 0 Å². The Morgan fingerprint density at radius 2 is 0.697 bits per heavy atom. The molecule has 1 saturated heterocycles. The molecule has 0 radical (unpaired) electrons. The number of hydrogen-bond donors (Lipinski definition) is 6. The van der Waals surface area contributed by atoms with Crippen LogP contribution in [0.1, 0.15) is 335 Å². The molecule has 1 aliphatic rings. The van der Waals surface area contributed by atoms with E-state index in [2.05, 4.69) is 129 Å². The highest BCUT2D eigenvalue weighted by Crippen LogP contribution is 2.24. The molecule has 0 aromatic carbocycles. The highest BCUT2D eigenvalue weighted by Gasteiger charge is 2.44. The van der Waals surface area contributed by atoms with E-state index in [0.29, 0.717) is 12.8 Å². The van der Waals surface area contributed by atoms with E-state index in [0.717, 1.165) is 96.3 Å². The Morgan fingerprint density at radius 1 is 0.393 bits per heavy atom. The summed E-state index contributed by atoms with van der Waals surface area (Å²) in [5, 5.41) is 55.0. The lowest BCUT2D eigenvalue weighted by Gasteiger charge is -2.40. The number of carbonyl (C=O) groups is 1. The minimum Gasteiger partial charge on any atom is -0.394 e. The maximum atomic E-state index is 13.2. The molecule has 514 valence electrons. The molecule has 0 aromatic heterocycles. The highest BCUT2D eigenvalue weighted by atomic mass is 16.7. The summed E-state index contributed by atoms with van der Waals surface area (Å²) in [7, 11) is 0. The Hall–Kier alpha value is -3.15. The molecule has 9 nitrogen and oxygen atoms in total. The van der Waals surface area contributed by atoms with Gasteiger partial charge in [0, 0.05) is 6.42 Å². The summed E-state index contributed by atoms with van der Waals surface area (Å²) >= 11 is 0. The van der Waals surface area contributed by atoms with Crippen LogP contribution in [-0.4, -0.2) is 87.5 Å². The first kappa shape index (κ1) is 83.9. The van der Waals surface area contributed by atoms with Crippen molar-refractivity contribution in [1.82, 2.24) is 5.32 Å². The molecule has 0 aliphatic carbocycles. The van der Waals surface area contributed by atoms with Gasteiger partial charge in [0.05, 0.1) is 25.4 Å². The summed E-state index contributed by atoms with van der Waals surface area (Å²) in [6.45, 7) is 3.76. The van der Waals surface area contributed by atoms with E-state index in [9.17, 15) is 30.3 Å². The zero-order valence-corrected chi connectivity index (χ0v) is 57.7. The zero-order chi connectivity index (χ0) is 64.2. The lowest BCUT2D eigenvalue weighted by atomic mass is 9.99. The van der Waals surface area contributed by atoms with E-state index in [1.807, 2.05) is 0 Å². The molecule has 0 aromatic rings. The summed E-state index contributed by atoms with van der Waals surface area (Å²) in [4.78, 5) is 13.2. The van der Waals surface area contributed by atoms with E-state index in [1.165, 1.54) is 212 Å². The number of amides is 1. The number of rotatable bonds is 65. The Kier molecular flexibility index (Phi) is 63.8. The first-order valence-corrected chi connectivity index (χ1v) is 37.6. The van der Waals surface area contributed by atoms with Crippen molar-refractivity contribution in [3.05, 3.63) is 109 Å². The first-order valence-electron chi connectivity index (χ1n) is 37.6. The van der Waals surface area contributed by atoms with Gasteiger partial charge in [0.25, 0.3) is 0 Å². The number of aliphatic hydroxyl groups excluding tert-OH is 5. The van der Waals surface area contributed by atoms with Gasteiger partial charge >= 0.3 is 0 Å². The van der Waals surface area contributed by atoms with Crippen molar-refractivity contribution in [3.63, 3.8) is 0 Å². The Bertz CT molecular complexity index is 1780. The average Bonchev–Trinajstić information content (AvgIpc) is 2.59. The van der Waals surface area contributed by atoms with Crippen LogP contribution in [-0.2, 0) is 14.3 Å². The zero-order valence-electron chi connectivity index (χ0n) is 57.7. The van der Waals surface area contributed by atoms with Gasteiger partial charge in [-0.3, -0.25) is 4.79 Å². The molecule has 1 fully saturated rings. The van der Waals surface area contributed by atoms with Gasteiger partial charge in [-0.1, -0.05) is 354 Å². The minimum absolute atomic E-state index is 0.140. The second kappa shape index (κ2) is 67.7. The predicted octanol–water partition coefficient (Wildman–Crippen LogP) is 21.2. The van der Waals surface area contributed by atoms with Crippen LogP contribution in [0.3, 0.4) is 0 Å². The first-order chi connectivity index (χ1) is 43.8. The lowest BCUT2D eigenvalue weighted by molar-refractivity contribution is -0.302.